The summed E-state index contributed by atoms with van der Waals surface area (Å²) in [6, 6.07) is 7.18. The van der Waals surface area contributed by atoms with Gasteiger partial charge in [-0.2, -0.15) is 0 Å². The Kier molecular flexibility index (Phi) is 5.34. The quantitative estimate of drug-likeness (QED) is 0.847. The fourth-order valence-corrected chi connectivity index (χ4v) is 2.35. The Labute approximate surface area is 132 Å². The van der Waals surface area contributed by atoms with Gasteiger partial charge in [-0.1, -0.05) is 23.7 Å². The first-order chi connectivity index (χ1) is 10.5. The maximum Gasteiger partial charge on any atom is 0.183 e. The van der Waals surface area contributed by atoms with Crippen LogP contribution in [0.15, 0.2) is 30.3 Å². The molecule has 0 aliphatic heterocycles. The van der Waals surface area contributed by atoms with E-state index in [4.69, 9.17) is 21.1 Å². The molecule has 0 fully saturated rings. The molecule has 0 saturated heterocycles. The topological polar surface area (TPSA) is 38.7 Å². The van der Waals surface area contributed by atoms with E-state index in [1.807, 2.05) is 0 Å². The minimum Gasteiger partial charge on any atom is -0.496 e. The van der Waals surface area contributed by atoms with E-state index in [0.29, 0.717) is 11.1 Å². The Balaban J connectivity index is 2.47. The van der Waals surface area contributed by atoms with E-state index in [-0.39, 0.29) is 22.8 Å². The van der Waals surface area contributed by atoms with Crippen molar-refractivity contribution in [2.45, 2.75) is 12.7 Å². The smallest absolute Gasteiger partial charge is 0.183 e. The largest absolute Gasteiger partial charge is 0.496 e. The second-order valence-electron chi connectivity index (χ2n) is 4.66. The first-order valence-corrected chi connectivity index (χ1v) is 6.85. The van der Waals surface area contributed by atoms with Crippen LogP contribution in [0.4, 0.5) is 8.78 Å². The highest BCUT2D eigenvalue weighted by Crippen LogP contribution is 2.30. The van der Waals surface area contributed by atoms with Crippen LogP contribution in [0, 0.1) is 11.6 Å². The van der Waals surface area contributed by atoms with E-state index in [1.54, 1.807) is 12.1 Å². The summed E-state index contributed by atoms with van der Waals surface area (Å²) in [5.74, 6) is -0.949. The molecule has 118 valence electrons. The van der Waals surface area contributed by atoms with Gasteiger partial charge in [-0.15, -0.1) is 0 Å². The van der Waals surface area contributed by atoms with Crippen LogP contribution in [-0.4, -0.2) is 19.3 Å². The summed E-state index contributed by atoms with van der Waals surface area (Å²) in [6.07, 6.45) is -1.27. The van der Waals surface area contributed by atoms with Gasteiger partial charge in [0.05, 0.1) is 12.1 Å². The number of halogens is 3. The van der Waals surface area contributed by atoms with Gasteiger partial charge < -0.3 is 14.6 Å². The number of hydrogen-bond donors (Lipinski definition) is 1. The fourth-order valence-electron chi connectivity index (χ4n) is 2.15. The molecule has 0 aliphatic carbocycles. The van der Waals surface area contributed by atoms with Crippen molar-refractivity contribution in [1.29, 1.82) is 0 Å². The lowest BCUT2D eigenvalue weighted by atomic mass is 10.0. The van der Waals surface area contributed by atoms with Gasteiger partial charge in [0, 0.05) is 25.2 Å². The van der Waals surface area contributed by atoms with Crippen molar-refractivity contribution in [3.63, 3.8) is 0 Å². The Morgan fingerprint density at radius 1 is 1.18 bits per heavy atom. The van der Waals surface area contributed by atoms with Crippen molar-refractivity contribution in [3.8, 4) is 5.75 Å². The molecule has 2 aromatic rings. The molecule has 0 aliphatic rings. The molecule has 22 heavy (non-hydrogen) atoms. The second kappa shape index (κ2) is 7.05. The summed E-state index contributed by atoms with van der Waals surface area (Å²) in [6.45, 7) is 0. The Morgan fingerprint density at radius 2 is 1.91 bits per heavy atom. The predicted octanol–water partition coefficient (Wildman–Crippen LogP) is 3.85. The van der Waals surface area contributed by atoms with Gasteiger partial charge in [0.25, 0.3) is 0 Å². The summed E-state index contributed by atoms with van der Waals surface area (Å²) in [4.78, 5) is 0. The number of aliphatic hydroxyl groups is 1. The number of benzene rings is 2. The molecule has 1 unspecified atom stereocenters. The van der Waals surface area contributed by atoms with Gasteiger partial charge in [-0.25, -0.2) is 8.78 Å². The van der Waals surface area contributed by atoms with Crippen molar-refractivity contribution >= 4 is 11.6 Å². The summed E-state index contributed by atoms with van der Waals surface area (Å²) >= 11 is 5.76. The highest BCUT2D eigenvalue weighted by Gasteiger charge is 2.18. The van der Waals surface area contributed by atoms with E-state index < -0.39 is 17.9 Å². The number of aliphatic hydroxyl groups excluding tert-OH is 1. The number of hydrogen-bond acceptors (Lipinski definition) is 3. The molecule has 6 heteroatoms. The first kappa shape index (κ1) is 16.7. The van der Waals surface area contributed by atoms with Crippen molar-refractivity contribution in [2.75, 3.05) is 14.2 Å². The van der Waals surface area contributed by atoms with E-state index in [9.17, 15) is 13.9 Å². The van der Waals surface area contributed by atoms with Gasteiger partial charge in [-0.05, 0) is 23.3 Å². The van der Waals surface area contributed by atoms with Crippen molar-refractivity contribution in [2.24, 2.45) is 0 Å². The van der Waals surface area contributed by atoms with Crippen molar-refractivity contribution in [3.05, 3.63) is 63.7 Å². The lowest BCUT2D eigenvalue weighted by Gasteiger charge is -2.15. The molecule has 0 bridgehead atoms. The van der Waals surface area contributed by atoms with Crippen molar-refractivity contribution in [1.82, 2.24) is 0 Å². The Morgan fingerprint density at radius 3 is 2.55 bits per heavy atom. The highest BCUT2D eigenvalue weighted by molar-refractivity contribution is 6.30. The fraction of sp³-hybridized carbons (Fsp3) is 0.250. The van der Waals surface area contributed by atoms with Crippen LogP contribution in [0.2, 0.25) is 5.02 Å². The maximum absolute atomic E-state index is 14.0. The molecule has 2 rings (SSSR count). The summed E-state index contributed by atoms with van der Waals surface area (Å²) in [7, 11) is 2.64. The Bertz CT molecular complexity index is 677. The number of rotatable bonds is 5. The van der Waals surface area contributed by atoms with Gasteiger partial charge in [0.1, 0.15) is 17.4 Å². The van der Waals surface area contributed by atoms with E-state index in [2.05, 4.69) is 0 Å². The van der Waals surface area contributed by atoms with Crippen LogP contribution in [0.3, 0.4) is 0 Å². The lowest BCUT2D eigenvalue weighted by Crippen LogP contribution is -2.06. The summed E-state index contributed by atoms with van der Waals surface area (Å²) < 4.78 is 37.8. The molecule has 1 N–H and O–H groups in total. The molecule has 1 atom stereocenters. The Hall–Kier alpha value is -1.69. The molecule has 2 aromatic carbocycles. The highest BCUT2D eigenvalue weighted by atomic mass is 35.5. The van der Waals surface area contributed by atoms with E-state index in [1.165, 1.54) is 26.4 Å². The monoisotopic (exact) mass is 328 g/mol. The molecular weight excluding hydrogens is 314 g/mol. The van der Waals surface area contributed by atoms with Gasteiger partial charge in [0.2, 0.25) is 0 Å². The molecule has 0 amide bonds. The van der Waals surface area contributed by atoms with Crippen molar-refractivity contribution < 1.29 is 23.4 Å². The van der Waals surface area contributed by atoms with Crippen LogP contribution in [0.25, 0.3) is 0 Å². The lowest BCUT2D eigenvalue weighted by molar-refractivity contribution is -0.0791. The SMILES string of the molecule is COc1cc(F)c(C(O)OC)cc1Cc1cccc(Cl)c1F. The molecule has 0 spiro atoms. The maximum atomic E-state index is 14.0. The third kappa shape index (κ3) is 3.38. The van der Waals surface area contributed by atoms with Crippen LogP contribution < -0.4 is 4.74 Å². The third-order valence-electron chi connectivity index (χ3n) is 3.30. The first-order valence-electron chi connectivity index (χ1n) is 6.48. The second-order valence-corrected chi connectivity index (χ2v) is 5.07. The van der Waals surface area contributed by atoms with E-state index in [0.717, 1.165) is 6.07 Å². The van der Waals surface area contributed by atoms with Crippen LogP contribution in [0.1, 0.15) is 23.0 Å². The number of methoxy groups -OCH3 is 2. The summed E-state index contributed by atoms with van der Waals surface area (Å²) in [5, 5.41) is 9.67. The molecule has 0 aromatic heterocycles. The third-order valence-corrected chi connectivity index (χ3v) is 3.59. The molecule has 0 heterocycles. The zero-order valence-electron chi connectivity index (χ0n) is 12.1. The minimum absolute atomic E-state index is 0.00993. The molecule has 0 radical (unpaired) electrons. The van der Waals surface area contributed by atoms with Gasteiger partial charge in [0.15, 0.2) is 6.29 Å². The normalized spacial score (nSPS) is 12.3. The molecule has 3 nitrogen and oxygen atoms in total. The van der Waals surface area contributed by atoms with E-state index >= 15 is 0 Å². The van der Waals surface area contributed by atoms with Crippen LogP contribution in [-0.2, 0) is 11.2 Å². The van der Waals surface area contributed by atoms with Gasteiger partial charge >= 0.3 is 0 Å². The minimum atomic E-state index is -1.41. The average molecular weight is 329 g/mol. The molecular formula is C16H15ClF2O3. The van der Waals surface area contributed by atoms with Gasteiger partial charge in [-0.3, -0.25) is 0 Å². The van der Waals surface area contributed by atoms with Crippen LogP contribution in [0.5, 0.6) is 5.75 Å². The molecule has 0 saturated carbocycles. The standard InChI is InChI=1S/C16H15ClF2O3/c1-21-14-8-13(18)11(16(20)22-2)7-10(14)6-9-4-3-5-12(17)15(9)19/h3-5,7-8,16,20H,6H2,1-2H3. The average Bonchev–Trinajstić information content (AvgIpc) is 2.52. The summed E-state index contributed by atoms with van der Waals surface area (Å²) in [5.41, 5.74) is 0.812. The predicted molar refractivity (Wildman–Crippen MR) is 79.1 cm³/mol. The zero-order valence-corrected chi connectivity index (χ0v) is 12.8. The number of ether oxygens (including phenoxy) is 2. The zero-order chi connectivity index (χ0) is 16.3. The van der Waals surface area contributed by atoms with Crippen LogP contribution >= 0.6 is 11.6 Å².